The smallest absolute Gasteiger partial charge is 0.362 e. The first kappa shape index (κ1) is 23.4. The van der Waals surface area contributed by atoms with Crippen LogP contribution in [-0.2, 0) is 13.6 Å². The van der Waals surface area contributed by atoms with Crippen molar-refractivity contribution in [2.75, 3.05) is 14.2 Å². The number of hydrogen-bond acceptors (Lipinski definition) is 5. The van der Waals surface area contributed by atoms with Crippen LogP contribution in [-0.4, -0.2) is 26.4 Å². The summed E-state index contributed by atoms with van der Waals surface area (Å²) in [7, 11) is -0.311. The molecule has 0 heterocycles. The van der Waals surface area contributed by atoms with Crippen LogP contribution in [0.25, 0.3) is 11.1 Å². The SMILES string of the molecule is COc1cccc(OC)c1-c1ccccc1P(=O)(OC1CCCCC1)OC1CCCCC1. The highest BCUT2D eigenvalue weighted by atomic mass is 31.2. The molecule has 0 spiro atoms. The van der Waals surface area contributed by atoms with Gasteiger partial charge in [-0.3, -0.25) is 4.57 Å². The molecule has 0 aromatic heterocycles. The van der Waals surface area contributed by atoms with E-state index >= 15 is 0 Å². The van der Waals surface area contributed by atoms with Gasteiger partial charge in [-0.1, -0.05) is 62.8 Å². The summed E-state index contributed by atoms with van der Waals surface area (Å²) in [6.45, 7) is 0. The summed E-state index contributed by atoms with van der Waals surface area (Å²) in [4.78, 5) is 0. The third-order valence-corrected chi connectivity index (χ3v) is 8.71. The van der Waals surface area contributed by atoms with Crippen LogP contribution in [0.2, 0.25) is 0 Å². The molecule has 0 atom stereocenters. The second-order valence-electron chi connectivity index (χ2n) is 8.78. The van der Waals surface area contributed by atoms with Crippen LogP contribution < -0.4 is 14.8 Å². The number of rotatable bonds is 8. The maximum atomic E-state index is 14.6. The van der Waals surface area contributed by atoms with Gasteiger partial charge in [-0.25, -0.2) is 0 Å². The quantitative estimate of drug-likeness (QED) is 0.403. The Morgan fingerprint density at radius 3 is 1.69 bits per heavy atom. The summed E-state index contributed by atoms with van der Waals surface area (Å²) in [5, 5.41) is 0.596. The summed E-state index contributed by atoms with van der Waals surface area (Å²) in [6, 6.07) is 13.4. The molecule has 6 heteroatoms. The average Bonchev–Trinajstić information content (AvgIpc) is 2.84. The highest BCUT2D eigenvalue weighted by molar-refractivity contribution is 7.62. The molecular weight excluding hydrogens is 423 g/mol. The molecule has 0 N–H and O–H groups in total. The summed E-state index contributed by atoms with van der Waals surface area (Å²) in [5.74, 6) is 1.33. The lowest BCUT2D eigenvalue weighted by Gasteiger charge is -2.32. The molecule has 5 nitrogen and oxygen atoms in total. The minimum Gasteiger partial charge on any atom is -0.496 e. The predicted octanol–water partition coefficient (Wildman–Crippen LogP) is 6.89. The fourth-order valence-electron chi connectivity index (χ4n) is 4.91. The summed E-state index contributed by atoms with van der Waals surface area (Å²) in [5.41, 5.74) is 1.55. The third kappa shape index (κ3) is 5.22. The van der Waals surface area contributed by atoms with Gasteiger partial charge in [-0.05, 0) is 43.9 Å². The fraction of sp³-hybridized carbons (Fsp3) is 0.538. The molecule has 2 aliphatic carbocycles. The van der Waals surface area contributed by atoms with Crippen molar-refractivity contribution in [3.05, 3.63) is 42.5 Å². The molecule has 4 rings (SSSR count). The standard InChI is InChI=1S/C26H35O5P/c1-28-23-17-11-18-24(29-2)26(23)22-16-9-10-19-25(22)32(27,30-20-12-5-3-6-13-20)31-21-14-7-4-8-15-21/h9-11,16-21H,3-8,12-15H2,1-2H3. The zero-order valence-electron chi connectivity index (χ0n) is 19.3. The molecule has 174 valence electrons. The first-order chi connectivity index (χ1) is 15.6. The maximum Gasteiger partial charge on any atom is 0.362 e. The molecule has 0 unspecified atom stereocenters. The number of hydrogen-bond donors (Lipinski definition) is 0. The van der Waals surface area contributed by atoms with Gasteiger partial charge in [0.15, 0.2) is 0 Å². The average molecular weight is 459 g/mol. The van der Waals surface area contributed by atoms with Gasteiger partial charge < -0.3 is 18.5 Å². The molecular formula is C26H35O5P. The van der Waals surface area contributed by atoms with Gasteiger partial charge in [0.05, 0.1) is 37.3 Å². The van der Waals surface area contributed by atoms with Crippen molar-refractivity contribution < 1.29 is 23.1 Å². The Bertz CT molecular complexity index is 885. The first-order valence-corrected chi connectivity index (χ1v) is 13.5. The second-order valence-corrected chi connectivity index (χ2v) is 10.7. The Morgan fingerprint density at radius 1 is 0.688 bits per heavy atom. The number of methoxy groups -OCH3 is 2. The zero-order valence-corrected chi connectivity index (χ0v) is 20.2. The molecule has 2 saturated carbocycles. The molecule has 0 bridgehead atoms. The van der Waals surface area contributed by atoms with Crippen molar-refractivity contribution in [3.63, 3.8) is 0 Å². The van der Waals surface area contributed by atoms with Gasteiger partial charge in [0.1, 0.15) is 11.5 Å². The predicted molar refractivity (Wildman–Crippen MR) is 128 cm³/mol. The fourth-order valence-corrected chi connectivity index (χ4v) is 7.15. The van der Waals surface area contributed by atoms with E-state index in [1.807, 2.05) is 42.5 Å². The molecule has 2 aromatic carbocycles. The van der Waals surface area contributed by atoms with Crippen molar-refractivity contribution in [2.45, 2.75) is 76.4 Å². The molecule has 32 heavy (non-hydrogen) atoms. The van der Waals surface area contributed by atoms with Crippen molar-refractivity contribution in [3.8, 4) is 22.6 Å². The minimum absolute atomic E-state index is 0.0363. The second kappa shape index (κ2) is 10.9. The van der Waals surface area contributed by atoms with Gasteiger partial charge in [0.25, 0.3) is 0 Å². The van der Waals surface area contributed by atoms with E-state index in [1.54, 1.807) is 14.2 Å². The van der Waals surface area contributed by atoms with Crippen LogP contribution in [0.5, 0.6) is 11.5 Å². The largest absolute Gasteiger partial charge is 0.496 e. The highest BCUT2D eigenvalue weighted by Gasteiger charge is 2.38. The Kier molecular flexibility index (Phi) is 7.93. The third-order valence-electron chi connectivity index (χ3n) is 6.58. The zero-order chi connectivity index (χ0) is 22.4. The Hall–Kier alpha value is -1.81. The van der Waals surface area contributed by atoms with Gasteiger partial charge in [-0.15, -0.1) is 0 Å². The summed E-state index contributed by atoms with van der Waals surface area (Å²) in [6.07, 6.45) is 10.5. The van der Waals surface area contributed by atoms with Gasteiger partial charge in [0, 0.05) is 5.56 Å². The highest BCUT2D eigenvalue weighted by Crippen LogP contribution is 2.55. The van der Waals surface area contributed by atoms with Crippen LogP contribution >= 0.6 is 7.60 Å². The summed E-state index contributed by atoms with van der Waals surface area (Å²) < 4.78 is 38.8. The molecule has 2 fully saturated rings. The topological polar surface area (TPSA) is 54.0 Å². The van der Waals surface area contributed by atoms with E-state index in [4.69, 9.17) is 18.5 Å². The number of benzene rings is 2. The molecule has 0 aliphatic heterocycles. The van der Waals surface area contributed by atoms with Crippen LogP contribution in [0.1, 0.15) is 64.2 Å². The van der Waals surface area contributed by atoms with Crippen molar-refractivity contribution in [1.29, 1.82) is 0 Å². The monoisotopic (exact) mass is 458 g/mol. The van der Waals surface area contributed by atoms with E-state index in [0.717, 1.165) is 62.5 Å². The van der Waals surface area contributed by atoms with Crippen LogP contribution in [0.15, 0.2) is 42.5 Å². The normalized spacial score (nSPS) is 18.4. The van der Waals surface area contributed by atoms with E-state index in [9.17, 15) is 4.57 Å². The van der Waals surface area contributed by atoms with E-state index in [-0.39, 0.29) is 12.2 Å². The van der Waals surface area contributed by atoms with E-state index < -0.39 is 7.60 Å². The molecule has 0 radical (unpaired) electrons. The molecule has 2 aliphatic rings. The first-order valence-electron chi connectivity index (χ1n) is 11.9. The Labute approximate surface area is 192 Å². The lowest BCUT2D eigenvalue weighted by atomic mass is 9.98. The van der Waals surface area contributed by atoms with Gasteiger partial charge in [0.2, 0.25) is 0 Å². The van der Waals surface area contributed by atoms with E-state index in [0.29, 0.717) is 16.8 Å². The molecule has 0 amide bonds. The van der Waals surface area contributed by atoms with Gasteiger partial charge >= 0.3 is 7.60 Å². The number of ether oxygens (including phenoxy) is 2. The molecule has 0 saturated heterocycles. The van der Waals surface area contributed by atoms with Crippen LogP contribution in [0.4, 0.5) is 0 Å². The Morgan fingerprint density at radius 2 is 1.19 bits per heavy atom. The van der Waals surface area contributed by atoms with Crippen molar-refractivity contribution in [2.24, 2.45) is 0 Å². The van der Waals surface area contributed by atoms with Crippen molar-refractivity contribution in [1.82, 2.24) is 0 Å². The maximum absolute atomic E-state index is 14.6. The summed E-state index contributed by atoms with van der Waals surface area (Å²) >= 11 is 0. The van der Waals surface area contributed by atoms with E-state index in [1.165, 1.54) is 12.8 Å². The lowest BCUT2D eigenvalue weighted by molar-refractivity contribution is 0.0846. The van der Waals surface area contributed by atoms with Crippen molar-refractivity contribution >= 4 is 12.9 Å². The van der Waals surface area contributed by atoms with Crippen LogP contribution in [0, 0.1) is 0 Å². The van der Waals surface area contributed by atoms with Gasteiger partial charge in [-0.2, -0.15) is 0 Å². The Balaban J connectivity index is 1.79. The molecule has 2 aromatic rings. The van der Waals surface area contributed by atoms with Crippen LogP contribution in [0.3, 0.4) is 0 Å². The van der Waals surface area contributed by atoms with E-state index in [2.05, 4.69) is 0 Å². The minimum atomic E-state index is -3.58. The lowest BCUT2D eigenvalue weighted by Crippen LogP contribution is -2.25.